The fourth-order valence-corrected chi connectivity index (χ4v) is 3.24. The van der Waals surface area contributed by atoms with Gasteiger partial charge in [-0.3, -0.25) is 9.78 Å². The van der Waals surface area contributed by atoms with Gasteiger partial charge in [-0.25, -0.2) is 0 Å². The molecule has 2 aromatic carbocycles. The molecule has 1 aliphatic rings. The van der Waals surface area contributed by atoms with Crippen molar-refractivity contribution in [1.82, 2.24) is 4.98 Å². The van der Waals surface area contributed by atoms with E-state index in [0.29, 0.717) is 0 Å². The van der Waals surface area contributed by atoms with Gasteiger partial charge in [0.25, 0.3) is 0 Å². The molecule has 4 rings (SSSR count). The van der Waals surface area contributed by atoms with Gasteiger partial charge in [-0.2, -0.15) is 0 Å². The van der Waals surface area contributed by atoms with E-state index >= 15 is 0 Å². The van der Waals surface area contributed by atoms with Gasteiger partial charge in [-0.15, -0.1) is 0 Å². The largest absolute Gasteiger partial charge is 0.303 e. The molecule has 2 heterocycles. The second kappa shape index (κ2) is 5.69. The van der Waals surface area contributed by atoms with Crippen LogP contribution in [0.1, 0.15) is 23.1 Å². The smallest absolute Gasteiger partial charge is 0.237 e. The van der Waals surface area contributed by atoms with Crippen LogP contribution in [0.2, 0.25) is 0 Å². The molecule has 2 unspecified atom stereocenters. The van der Waals surface area contributed by atoms with E-state index in [1.807, 2.05) is 83.9 Å². The van der Waals surface area contributed by atoms with Crippen molar-refractivity contribution in [3.05, 3.63) is 96.3 Å². The Kier molecular flexibility index (Phi) is 3.39. The summed E-state index contributed by atoms with van der Waals surface area (Å²) in [4.78, 5) is 19.0. The summed E-state index contributed by atoms with van der Waals surface area (Å²) in [7, 11) is 0. The number of β-lactam (4-membered cyclic amide) rings is 1. The number of benzene rings is 2. The Labute approximate surface area is 135 Å². The van der Waals surface area contributed by atoms with Crippen molar-refractivity contribution < 1.29 is 4.79 Å². The maximum absolute atomic E-state index is 12.9. The molecule has 1 aromatic heterocycles. The number of hydrogen-bond acceptors (Lipinski definition) is 2. The molecule has 0 radical (unpaired) electrons. The first kappa shape index (κ1) is 13.7. The molecule has 23 heavy (non-hydrogen) atoms. The predicted octanol–water partition coefficient (Wildman–Crippen LogP) is 3.95. The average Bonchev–Trinajstić information content (AvgIpc) is 2.62. The molecule has 0 bridgehead atoms. The van der Waals surface area contributed by atoms with Crippen LogP contribution >= 0.6 is 0 Å². The quantitative estimate of drug-likeness (QED) is 0.686. The zero-order chi connectivity index (χ0) is 15.6. The van der Waals surface area contributed by atoms with Crippen LogP contribution in [0.4, 0.5) is 5.69 Å². The first-order valence-corrected chi connectivity index (χ1v) is 7.69. The van der Waals surface area contributed by atoms with Crippen LogP contribution in [0.15, 0.2) is 85.2 Å². The van der Waals surface area contributed by atoms with Gasteiger partial charge in [0.15, 0.2) is 0 Å². The average molecular weight is 300 g/mol. The van der Waals surface area contributed by atoms with Gasteiger partial charge < -0.3 is 4.90 Å². The number of aromatic nitrogens is 1. The third-order valence-electron chi connectivity index (χ3n) is 4.32. The van der Waals surface area contributed by atoms with Gasteiger partial charge in [0.2, 0.25) is 5.91 Å². The molecule has 1 aliphatic heterocycles. The SMILES string of the molecule is O=C1C(c2ccccc2)C(c2cccnc2)N1c1ccccc1. The summed E-state index contributed by atoms with van der Waals surface area (Å²) in [6.07, 6.45) is 3.61. The summed E-state index contributed by atoms with van der Waals surface area (Å²) < 4.78 is 0. The summed E-state index contributed by atoms with van der Waals surface area (Å²) in [5.74, 6) is -0.0168. The molecule has 0 aliphatic carbocycles. The summed E-state index contributed by atoms with van der Waals surface area (Å²) in [5, 5.41) is 0. The zero-order valence-electron chi connectivity index (χ0n) is 12.5. The van der Waals surface area contributed by atoms with Crippen LogP contribution in [0, 0.1) is 0 Å². The van der Waals surface area contributed by atoms with E-state index < -0.39 is 0 Å². The van der Waals surface area contributed by atoms with E-state index in [0.717, 1.165) is 16.8 Å². The van der Waals surface area contributed by atoms with Gasteiger partial charge in [0.05, 0.1) is 12.0 Å². The first-order valence-electron chi connectivity index (χ1n) is 7.69. The molecular formula is C20H16N2O. The summed E-state index contributed by atoms with van der Waals surface area (Å²) in [6, 6.07) is 23.7. The van der Waals surface area contributed by atoms with Gasteiger partial charge >= 0.3 is 0 Å². The van der Waals surface area contributed by atoms with Gasteiger partial charge in [0.1, 0.15) is 0 Å². The summed E-state index contributed by atoms with van der Waals surface area (Å²) in [5.41, 5.74) is 3.04. The monoisotopic (exact) mass is 300 g/mol. The summed E-state index contributed by atoms with van der Waals surface area (Å²) >= 11 is 0. The van der Waals surface area contributed by atoms with E-state index in [1.54, 1.807) is 6.20 Å². The van der Waals surface area contributed by atoms with Crippen LogP contribution in [0.5, 0.6) is 0 Å². The molecule has 0 spiro atoms. The van der Waals surface area contributed by atoms with Crippen LogP contribution in [0.3, 0.4) is 0 Å². The molecule has 3 aromatic rings. The molecular weight excluding hydrogens is 284 g/mol. The predicted molar refractivity (Wildman–Crippen MR) is 90.1 cm³/mol. The number of amides is 1. The van der Waals surface area contributed by atoms with Crippen LogP contribution in [0.25, 0.3) is 0 Å². The third-order valence-corrected chi connectivity index (χ3v) is 4.32. The number of nitrogens with zero attached hydrogens (tertiary/aromatic N) is 2. The third kappa shape index (κ3) is 2.30. The molecule has 0 N–H and O–H groups in total. The van der Waals surface area contributed by atoms with Crippen LogP contribution < -0.4 is 4.90 Å². The van der Waals surface area contributed by atoms with E-state index in [2.05, 4.69) is 4.98 Å². The van der Waals surface area contributed by atoms with Gasteiger partial charge in [0, 0.05) is 18.1 Å². The molecule has 3 nitrogen and oxygen atoms in total. The fourth-order valence-electron chi connectivity index (χ4n) is 3.24. The van der Waals surface area contributed by atoms with Crippen molar-refractivity contribution >= 4 is 11.6 Å². The minimum absolute atomic E-state index is 0.0130. The van der Waals surface area contributed by atoms with Crippen LogP contribution in [-0.2, 0) is 4.79 Å². The van der Waals surface area contributed by atoms with Crippen molar-refractivity contribution in [2.24, 2.45) is 0 Å². The highest BCUT2D eigenvalue weighted by Gasteiger charge is 2.49. The minimum Gasteiger partial charge on any atom is -0.303 e. The van der Waals surface area contributed by atoms with Crippen molar-refractivity contribution in [3.63, 3.8) is 0 Å². The fraction of sp³-hybridized carbons (Fsp3) is 0.100. The summed E-state index contributed by atoms with van der Waals surface area (Å²) in [6.45, 7) is 0. The maximum Gasteiger partial charge on any atom is 0.237 e. The molecule has 3 heteroatoms. The maximum atomic E-state index is 12.9. The van der Waals surface area contributed by atoms with E-state index in [4.69, 9.17) is 0 Å². The Morgan fingerprint density at radius 2 is 1.43 bits per heavy atom. The highest BCUT2D eigenvalue weighted by atomic mass is 16.2. The first-order chi connectivity index (χ1) is 11.4. The van der Waals surface area contributed by atoms with Crippen molar-refractivity contribution in [2.75, 3.05) is 4.90 Å². The zero-order valence-corrected chi connectivity index (χ0v) is 12.5. The number of rotatable bonds is 3. The lowest BCUT2D eigenvalue weighted by atomic mass is 9.78. The highest BCUT2D eigenvalue weighted by molar-refractivity contribution is 6.06. The standard InChI is InChI=1S/C20H16N2O/c23-20-18(15-8-3-1-4-9-15)19(16-10-7-13-21-14-16)22(20)17-11-5-2-6-12-17/h1-14,18-19H. The lowest BCUT2D eigenvalue weighted by Crippen LogP contribution is -2.53. The molecule has 112 valence electrons. The van der Waals surface area contributed by atoms with E-state index in [-0.39, 0.29) is 17.9 Å². The lowest BCUT2D eigenvalue weighted by Gasteiger charge is -2.47. The van der Waals surface area contributed by atoms with E-state index in [1.165, 1.54) is 0 Å². The molecule has 1 amide bonds. The second-order valence-corrected chi connectivity index (χ2v) is 5.66. The van der Waals surface area contributed by atoms with Crippen molar-refractivity contribution in [2.45, 2.75) is 12.0 Å². The molecule has 0 saturated carbocycles. The Morgan fingerprint density at radius 1 is 0.783 bits per heavy atom. The topological polar surface area (TPSA) is 33.2 Å². The van der Waals surface area contributed by atoms with Gasteiger partial charge in [-0.1, -0.05) is 54.6 Å². The lowest BCUT2D eigenvalue weighted by molar-refractivity contribution is -0.126. The van der Waals surface area contributed by atoms with Crippen molar-refractivity contribution in [1.29, 1.82) is 0 Å². The minimum atomic E-state index is -0.152. The van der Waals surface area contributed by atoms with Gasteiger partial charge in [-0.05, 0) is 29.3 Å². The molecule has 1 fully saturated rings. The number of carbonyl (C=O) groups excluding carboxylic acids is 1. The normalized spacial score (nSPS) is 20.2. The number of pyridine rings is 1. The highest BCUT2D eigenvalue weighted by Crippen LogP contribution is 2.48. The number of anilines is 1. The Morgan fingerprint density at radius 3 is 2.09 bits per heavy atom. The van der Waals surface area contributed by atoms with E-state index in [9.17, 15) is 4.79 Å². The van der Waals surface area contributed by atoms with Crippen molar-refractivity contribution in [3.8, 4) is 0 Å². The second-order valence-electron chi connectivity index (χ2n) is 5.66. The molecule has 2 atom stereocenters. The molecule has 1 saturated heterocycles. The number of carbonyl (C=O) groups is 1. The Balaban J connectivity index is 1.78. The number of para-hydroxylation sites is 1. The number of hydrogen-bond donors (Lipinski definition) is 0. The Hall–Kier alpha value is -2.94. The van der Waals surface area contributed by atoms with Crippen LogP contribution in [-0.4, -0.2) is 10.9 Å². The Bertz CT molecular complexity index is 753.